The molecule has 0 bridgehead atoms. The van der Waals surface area contributed by atoms with Gasteiger partial charge in [-0.25, -0.2) is 4.39 Å². The normalized spacial score (nSPS) is 26.0. The molecule has 1 aromatic heterocycles. The van der Waals surface area contributed by atoms with Gasteiger partial charge in [0.25, 0.3) is 0 Å². The summed E-state index contributed by atoms with van der Waals surface area (Å²) < 4.78 is 53.8. The van der Waals surface area contributed by atoms with Crippen molar-refractivity contribution in [3.05, 3.63) is 41.3 Å². The van der Waals surface area contributed by atoms with E-state index in [4.69, 9.17) is 0 Å². The lowest BCUT2D eigenvalue weighted by atomic mass is 9.66. The molecule has 0 aliphatic carbocycles. The summed E-state index contributed by atoms with van der Waals surface area (Å²) in [6, 6.07) is 4.59. The van der Waals surface area contributed by atoms with Gasteiger partial charge in [-0.05, 0) is 30.5 Å². The molecular formula is C24H27F4N3O3. The highest BCUT2D eigenvalue weighted by Gasteiger charge is 2.50. The third-order valence-electron chi connectivity index (χ3n) is 7.15. The number of piperidine rings is 2. The fraction of sp³-hybridized carbons (Fsp3) is 0.542. The second kappa shape index (κ2) is 8.57. The molecule has 0 saturated carbocycles. The number of benzene rings is 1. The highest BCUT2D eigenvalue weighted by Crippen LogP contribution is 2.47. The summed E-state index contributed by atoms with van der Waals surface area (Å²) in [4.78, 5) is 29.6. The third kappa shape index (κ3) is 4.53. The van der Waals surface area contributed by atoms with Crippen molar-refractivity contribution < 1.29 is 32.3 Å². The van der Waals surface area contributed by atoms with Crippen LogP contribution in [0.15, 0.2) is 24.4 Å². The van der Waals surface area contributed by atoms with Crippen molar-refractivity contribution in [2.45, 2.75) is 57.2 Å². The summed E-state index contributed by atoms with van der Waals surface area (Å²) in [5.41, 5.74) is -1.66. The number of aliphatic hydroxyl groups is 1. The molecule has 0 spiro atoms. The molecule has 2 atom stereocenters. The number of fused-ring (bicyclic) bond motifs is 1. The molecule has 2 aliphatic heterocycles. The number of amides is 2. The minimum Gasteiger partial charge on any atom is -0.384 e. The van der Waals surface area contributed by atoms with Crippen LogP contribution in [-0.4, -0.2) is 52.6 Å². The van der Waals surface area contributed by atoms with Crippen molar-refractivity contribution in [3.63, 3.8) is 0 Å². The average molecular weight is 481 g/mol. The monoisotopic (exact) mass is 481 g/mol. The first-order valence-electron chi connectivity index (χ1n) is 11.2. The lowest BCUT2D eigenvalue weighted by Crippen LogP contribution is -2.56. The Morgan fingerprint density at radius 2 is 2.00 bits per heavy atom. The molecule has 2 N–H and O–H groups in total. The molecule has 4 rings (SSSR count). The predicted molar refractivity (Wildman–Crippen MR) is 116 cm³/mol. The number of hydrogen-bond donors (Lipinski definition) is 2. The summed E-state index contributed by atoms with van der Waals surface area (Å²) in [6.07, 6.45) is -3.18. The molecule has 2 aliphatic rings. The molecule has 2 amide bonds. The number of nitrogens with one attached hydrogen (secondary N) is 1. The van der Waals surface area contributed by atoms with E-state index in [1.54, 1.807) is 24.8 Å². The van der Waals surface area contributed by atoms with Crippen molar-refractivity contribution in [1.29, 1.82) is 0 Å². The second-order valence-corrected chi connectivity index (χ2v) is 9.90. The number of nitrogens with zero attached hydrogens (tertiary/aromatic N) is 2. The number of pyridine rings is 1. The Labute approximate surface area is 194 Å². The number of hydrogen-bond acceptors (Lipinski definition) is 5. The van der Waals surface area contributed by atoms with E-state index in [1.165, 1.54) is 18.3 Å². The SMILES string of the molecule is CC1(C)CN(CCC(F)(F)F)CCC1(O)c1ccc2ncc(C3CCC(=O)NC3=O)cc2c1F. The first-order valence-corrected chi connectivity index (χ1v) is 11.2. The highest BCUT2D eigenvalue weighted by molar-refractivity contribution is 6.01. The highest BCUT2D eigenvalue weighted by atomic mass is 19.4. The molecule has 0 radical (unpaired) electrons. The van der Waals surface area contributed by atoms with Crippen LogP contribution < -0.4 is 5.32 Å². The van der Waals surface area contributed by atoms with Crippen molar-refractivity contribution in [2.24, 2.45) is 5.41 Å². The zero-order valence-corrected chi connectivity index (χ0v) is 19.0. The number of likely N-dealkylation sites (tertiary alicyclic amines) is 1. The number of carbonyl (C=O) groups excluding carboxylic acids is 2. The minimum atomic E-state index is -4.27. The van der Waals surface area contributed by atoms with E-state index in [1.807, 2.05) is 0 Å². The smallest absolute Gasteiger partial charge is 0.384 e. The van der Waals surface area contributed by atoms with Crippen molar-refractivity contribution >= 4 is 22.7 Å². The number of alkyl halides is 3. The number of imide groups is 1. The Kier molecular flexibility index (Phi) is 6.18. The van der Waals surface area contributed by atoms with Crippen LogP contribution >= 0.6 is 0 Å². The van der Waals surface area contributed by atoms with E-state index in [-0.39, 0.29) is 49.3 Å². The number of rotatable bonds is 4. The van der Waals surface area contributed by atoms with Crippen molar-refractivity contribution in [2.75, 3.05) is 19.6 Å². The van der Waals surface area contributed by atoms with Crippen molar-refractivity contribution in [3.8, 4) is 0 Å². The van der Waals surface area contributed by atoms with Crippen LogP contribution in [0.5, 0.6) is 0 Å². The molecule has 184 valence electrons. The van der Waals surface area contributed by atoms with Gasteiger partial charge in [-0.2, -0.15) is 13.2 Å². The lowest BCUT2D eigenvalue weighted by Gasteiger charge is -2.50. The standard InChI is InChI=1S/C24H27F4N3O3/c1-22(2)13-31(10-8-24(26,27)28)9-7-23(22,34)17-4-5-18-16(20(17)25)11-14(12-29-18)15-3-6-19(32)30-21(15)33/h4-5,11-12,15,34H,3,6-10,13H2,1-2H3,(H,30,32,33). The summed E-state index contributed by atoms with van der Waals surface area (Å²) in [5, 5.41) is 14.1. The number of carbonyl (C=O) groups is 2. The van der Waals surface area contributed by atoms with Crippen LogP contribution in [0.2, 0.25) is 0 Å². The first kappa shape index (κ1) is 24.5. The Bertz CT molecular complexity index is 1130. The van der Waals surface area contributed by atoms with E-state index >= 15 is 4.39 Å². The van der Waals surface area contributed by atoms with Crippen LogP contribution in [0.25, 0.3) is 10.9 Å². The topological polar surface area (TPSA) is 82.5 Å². The van der Waals surface area contributed by atoms with Crippen LogP contribution in [-0.2, 0) is 15.2 Å². The molecular weight excluding hydrogens is 454 g/mol. The Hall–Kier alpha value is -2.59. The molecule has 10 heteroatoms. The Morgan fingerprint density at radius 1 is 1.26 bits per heavy atom. The van der Waals surface area contributed by atoms with E-state index in [9.17, 15) is 27.9 Å². The van der Waals surface area contributed by atoms with Gasteiger partial charge < -0.3 is 10.0 Å². The quantitative estimate of drug-likeness (QED) is 0.513. The van der Waals surface area contributed by atoms with Gasteiger partial charge in [-0.3, -0.25) is 19.9 Å². The zero-order valence-electron chi connectivity index (χ0n) is 19.0. The summed E-state index contributed by atoms with van der Waals surface area (Å²) >= 11 is 0. The largest absolute Gasteiger partial charge is 0.390 e. The summed E-state index contributed by atoms with van der Waals surface area (Å²) in [7, 11) is 0. The number of halogens is 4. The van der Waals surface area contributed by atoms with Gasteiger partial charge in [0.15, 0.2) is 0 Å². The fourth-order valence-corrected chi connectivity index (χ4v) is 5.10. The van der Waals surface area contributed by atoms with E-state index in [0.717, 1.165) is 0 Å². The van der Waals surface area contributed by atoms with Gasteiger partial charge in [-0.15, -0.1) is 0 Å². The van der Waals surface area contributed by atoms with Crippen LogP contribution in [0.3, 0.4) is 0 Å². The molecule has 2 saturated heterocycles. The maximum atomic E-state index is 15.8. The van der Waals surface area contributed by atoms with Gasteiger partial charge in [0.05, 0.1) is 23.5 Å². The van der Waals surface area contributed by atoms with Gasteiger partial charge in [-0.1, -0.05) is 19.9 Å². The van der Waals surface area contributed by atoms with Gasteiger partial charge >= 0.3 is 6.18 Å². The van der Waals surface area contributed by atoms with Gasteiger partial charge in [0.1, 0.15) is 5.82 Å². The Morgan fingerprint density at radius 3 is 2.65 bits per heavy atom. The Balaban J connectivity index is 1.65. The minimum absolute atomic E-state index is 0.0581. The van der Waals surface area contributed by atoms with Crippen LogP contribution in [0.4, 0.5) is 17.6 Å². The van der Waals surface area contributed by atoms with Gasteiger partial charge in [0.2, 0.25) is 11.8 Å². The maximum absolute atomic E-state index is 15.8. The van der Waals surface area contributed by atoms with E-state index in [0.29, 0.717) is 17.5 Å². The molecule has 2 unspecified atom stereocenters. The van der Waals surface area contributed by atoms with Crippen LogP contribution in [0, 0.1) is 11.2 Å². The molecule has 2 fully saturated rings. The molecule has 1 aromatic carbocycles. The maximum Gasteiger partial charge on any atom is 0.390 e. The predicted octanol–water partition coefficient (Wildman–Crippen LogP) is 3.77. The van der Waals surface area contributed by atoms with E-state index in [2.05, 4.69) is 10.3 Å². The molecule has 6 nitrogen and oxygen atoms in total. The average Bonchev–Trinajstić information content (AvgIpc) is 2.74. The lowest BCUT2D eigenvalue weighted by molar-refractivity contribution is -0.153. The third-order valence-corrected chi connectivity index (χ3v) is 7.15. The second-order valence-electron chi connectivity index (χ2n) is 9.90. The summed E-state index contributed by atoms with van der Waals surface area (Å²) in [6.45, 7) is 3.62. The van der Waals surface area contributed by atoms with Gasteiger partial charge in [0, 0.05) is 48.6 Å². The van der Waals surface area contributed by atoms with Crippen LogP contribution in [0.1, 0.15) is 56.6 Å². The zero-order chi connectivity index (χ0) is 24.9. The van der Waals surface area contributed by atoms with Crippen molar-refractivity contribution in [1.82, 2.24) is 15.2 Å². The first-order chi connectivity index (χ1) is 15.8. The molecule has 2 aromatic rings. The molecule has 34 heavy (non-hydrogen) atoms. The number of aromatic nitrogens is 1. The van der Waals surface area contributed by atoms with E-state index < -0.39 is 41.3 Å². The summed E-state index contributed by atoms with van der Waals surface area (Å²) in [5.74, 6) is -2.11. The fourth-order valence-electron chi connectivity index (χ4n) is 5.10. The molecule has 3 heterocycles.